The summed E-state index contributed by atoms with van der Waals surface area (Å²) >= 11 is 0. The van der Waals surface area contributed by atoms with E-state index in [2.05, 4.69) is 15.3 Å². The number of nitrogens with one attached hydrogen (secondary N) is 2. The van der Waals surface area contributed by atoms with Crippen molar-refractivity contribution in [1.82, 2.24) is 9.97 Å². The minimum atomic E-state index is -0.144. The summed E-state index contributed by atoms with van der Waals surface area (Å²) in [6.45, 7) is 3.66. The third kappa shape index (κ3) is 2.59. The number of halogens is 1. The molecule has 0 amide bonds. The standard InChI is InChI=1S/C14H16FN3/c1-3-10(15)9-11(4-2)18-13-6-8-17-14-12(13)5-7-16-14/h4-9H,3H2,1-2H3,(H2,16,17,18)/b10-9+,11-4+. The maximum atomic E-state index is 13.3. The number of H-pyrrole nitrogens is 1. The minimum absolute atomic E-state index is 0.144. The summed E-state index contributed by atoms with van der Waals surface area (Å²) < 4.78 is 13.3. The average molecular weight is 245 g/mol. The van der Waals surface area contributed by atoms with Crippen LogP contribution in [0.5, 0.6) is 0 Å². The van der Waals surface area contributed by atoms with Gasteiger partial charge in [-0.15, -0.1) is 0 Å². The number of nitrogens with zero attached hydrogens (tertiary/aromatic N) is 1. The second-order valence-corrected chi connectivity index (χ2v) is 3.91. The van der Waals surface area contributed by atoms with Crippen LogP contribution >= 0.6 is 0 Å². The third-order valence-corrected chi connectivity index (χ3v) is 2.70. The molecule has 0 spiro atoms. The number of fused-ring (bicyclic) bond motifs is 1. The van der Waals surface area contributed by atoms with Gasteiger partial charge in [-0.05, 0) is 31.6 Å². The highest BCUT2D eigenvalue weighted by Gasteiger charge is 2.03. The number of aromatic nitrogens is 2. The Hall–Kier alpha value is -2.10. The van der Waals surface area contributed by atoms with E-state index in [1.165, 1.54) is 6.08 Å². The normalized spacial score (nSPS) is 13.1. The van der Waals surface area contributed by atoms with Crippen LogP contribution in [0.25, 0.3) is 11.0 Å². The maximum absolute atomic E-state index is 13.3. The monoisotopic (exact) mass is 245 g/mol. The van der Waals surface area contributed by atoms with E-state index < -0.39 is 0 Å². The molecule has 0 aliphatic heterocycles. The van der Waals surface area contributed by atoms with Gasteiger partial charge < -0.3 is 10.3 Å². The molecule has 0 aliphatic rings. The van der Waals surface area contributed by atoms with Gasteiger partial charge in [-0.3, -0.25) is 0 Å². The molecule has 3 nitrogen and oxygen atoms in total. The Morgan fingerprint density at radius 1 is 1.50 bits per heavy atom. The van der Waals surface area contributed by atoms with Crippen LogP contribution in [0.15, 0.2) is 48.2 Å². The first-order valence-electron chi connectivity index (χ1n) is 5.96. The van der Waals surface area contributed by atoms with Crippen LogP contribution in [0.3, 0.4) is 0 Å². The van der Waals surface area contributed by atoms with Crippen LogP contribution in [0.2, 0.25) is 0 Å². The summed E-state index contributed by atoms with van der Waals surface area (Å²) in [5, 5.41) is 4.20. The lowest BCUT2D eigenvalue weighted by molar-refractivity contribution is 0.603. The van der Waals surface area contributed by atoms with Crippen LogP contribution in [0, 0.1) is 0 Å². The van der Waals surface area contributed by atoms with Gasteiger partial charge in [0.25, 0.3) is 0 Å². The van der Waals surface area contributed by atoms with Crippen molar-refractivity contribution in [2.45, 2.75) is 20.3 Å². The van der Waals surface area contributed by atoms with E-state index in [0.29, 0.717) is 6.42 Å². The van der Waals surface area contributed by atoms with Crippen molar-refractivity contribution in [2.24, 2.45) is 0 Å². The van der Waals surface area contributed by atoms with E-state index in [1.807, 2.05) is 31.3 Å². The zero-order valence-corrected chi connectivity index (χ0v) is 10.5. The topological polar surface area (TPSA) is 40.7 Å². The fraction of sp³-hybridized carbons (Fsp3) is 0.214. The molecule has 0 aliphatic carbocycles. The van der Waals surface area contributed by atoms with Crippen molar-refractivity contribution in [3.05, 3.63) is 48.2 Å². The van der Waals surface area contributed by atoms with Gasteiger partial charge in [0, 0.05) is 23.5 Å². The Morgan fingerprint density at radius 3 is 3.06 bits per heavy atom. The molecule has 2 N–H and O–H groups in total. The Morgan fingerprint density at radius 2 is 2.33 bits per heavy atom. The molecule has 0 radical (unpaired) electrons. The molecule has 0 bridgehead atoms. The molecule has 94 valence electrons. The summed E-state index contributed by atoms with van der Waals surface area (Å²) in [6, 6.07) is 3.81. The number of allylic oxidation sites excluding steroid dienone is 3. The summed E-state index contributed by atoms with van der Waals surface area (Å²) in [6.07, 6.45) is 7.30. The quantitative estimate of drug-likeness (QED) is 0.795. The van der Waals surface area contributed by atoms with Crippen LogP contribution < -0.4 is 5.32 Å². The number of rotatable bonds is 4. The van der Waals surface area contributed by atoms with Gasteiger partial charge >= 0.3 is 0 Å². The number of hydrogen-bond donors (Lipinski definition) is 2. The van der Waals surface area contributed by atoms with Gasteiger partial charge in [0.2, 0.25) is 0 Å². The SMILES string of the molecule is C/C=C(\C=C(\F)CC)Nc1ccnc2[nH]ccc12. The molecule has 0 fully saturated rings. The molecule has 4 heteroatoms. The Balaban J connectivity index is 2.30. The molecular formula is C14H16FN3. The lowest BCUT2D eigenvalue weighted by Crippen LogP contribution is -1.98. The van der Waals surface area contributed by atoms with E-state index in [-0.39, 0.29) is 5.83 Å². The van der Waals surface area contributed by atoms with Crippen molar-refractivity contribution < 1.29 is 4.39 Å². The van der Waals surface area contributed by atoms with Crippen molar-refractivity contribution in [2.75, 3.05) is 5.32 Å². The molecule has 0 aromatic carbocycles. The first-order chi connectivity index (χ1) is 8.74. The zero-order chi connectivity index (χ0) is 13.0. The largest absolute Gasteiger partial charge is 0.355 e. The van der Waals surface area contributed by atoms with Crippen LogP contribution in [-0.2, 0) is 0 Å². The zero-order valence-electron chi connectivity index (χ0n) is 10.5. The molecule has 0 atom stereocenters. The molecule has 0 unspecified atom stereocenters. The molecular weight excluding hydrogens is 229 g/mol. The summed E-state index contributed by atoms with van der Waals surface area (Å²) in [7, 11) is 0. The second kappa shape index (κ2) is 5.49. The lowest BCUT2D eigenvalue weighted by atomic mass is 10.2. The van der Waals surface area contributed by atoms with Crippen molar-refractivity contribution in [3.63, 3.8) is 0 Å². The van der Waals surface area contributed by atoms with E-state index >= 15 is 0 Å². The smallest absolute Gasteiger partial charge is 0.139 e. The Bertz CT molecular complexity index is 596. The highest BCUT2D eigenvalue weighted by molar-refractivity contribution is 5.89. The van der Waals surface area contributed by atoms with Gasteiger partial charge in [-0.1, -0.05) is 13.0 Å². The highest BCUT2D eigenvalue weighted by atomic mass is 19.1. The number of pyridine rings is 1. The Kier molecular flexibility index (Phi) is 3.77. The maximum Gasteiger partial charge on any atom is 0.139 e. The minimum Gasteiger partial charge on any atom is -0.355 e. The Labute approximate surface area is 105 Å². The second-order valence-electron chi connectivity index (χ2n) is 3.91. The van der Waals surface area contributed by atoms with Gasteiger partial charge in [-0.25, -0.2) is 9.37 Å². The molecule has 2 rings (SSSR count). The molecule has 2 aromatic rings. The van der Waals surface area contributed by atoms with Crippen LogP contribution in [-0.4, -0.2) is 9.97 Å². The van der Waals surface area contributed by atoms with Gasteiger partial charge in [0.05, 0.1) is 5.69 Å². The first kappa shape index (κ1) is 12.4. The lowest BCUT2D eigenvalue weighted by Gasteiger charge is -2.08. The number of hydrogen-bond acceptors (Lipinski definition) is 2. The first-order valence-corrected chi connectivity index (χ1v) is 5.96. The van der Waals surface area contributed by atoms with Gasteiger partial charge in [-0.2, -0.15) is 0 Å². The molecule has 0 saturated carbocycles. The summed E-state index contributed by atoms with van der Waals surface area (Å²) in [5.74, 6) is -0.144. The molecule has 0 saturated heterocycles. The molecule has 2 aromatic heterocycles. The van der Waals surface area contributed by atoms with E-state index in [0.717, 1.165) is 22.4 Å². The van der Waals surface area contributed by atoms with Gasteiger partial charge in [0.15, 0.2) is 0 Å². The summed E-state index contributed by atoms with van der Waals surface area (Å²) in [5.41, 5.74) is 2.47. The van der Waals surface area contributed by atoms with Crippen molar-refractivity contribution in [1.29, 1.82) is 0 Å². The van der Waals surface area contributed by atoms with Gasteiger partial charge in [0.1, 0.15) is 11.5 Å². The highest BCUT2D eigenvalue weighted by Crippen LogP contribution is 2.22. The van der Waals surface area contributed by atoms with Crippen LogP contribution in [0.1, 0.15) is 20.3 Å². The molecule has 2 heterocycles. The summed E-state index contributed by atoms with van der Waals surface area (Å²) in [4.78, 5) is 7.25. The van der Waals surface area contributed by atoms with Crippen LogP contribution in [0.4, 0.5) is 10.1 Å². The van der Waals surface area contributed by atoms with Crippen molar-refractivity contribution >= 4 is 16.7 Å². The third-order valence-electron chi connectivity index (χ3n) is 2.70. The fourth-order valence-corrected chi connectivity index (χ4v) is 1.69. The van der Waals surface area contributed by atoms with E-state index in [4.69, 9.17) is 0 Å². The average Bonchev–Trinajstić information content (AvgIpc) is 2.87. The van der Waals surface area contributed by atoms with Crippen molar-refractivity contribution in [3.8, 4) is 0 Å². The van der Waals surface area contributed by atoms with E-state index in [1.54, 1.807) is 13.1 Å². The van der Waals surface area contributed by atoms with E-state index in [9.17, 15) is 4.39 Å². The number of anilines is 1. The predicted octanol–water partition coefficient (Wildman–Crippen LogP) is 4.14. The molecule has 18 heavy (non-hydrogen) atoms. The fourth-order valence-electron chi connectivity index (χ4n) is 1.69. The number of aromatic amines is 1. The predicted molar refractivity (Wildman–Crippen MR) is 73.0 cm³/mol.